The summed E-state index contributed by atoms with van der Waals surface area (Å²) in [5.41, 5.74) is 13.9. The molecule has 4 nitrogen and oxygen atoms in total. The van der Waals surface area contributed by atoms with Gasteiger partial charge < -0.3 is 9.32 Å². The van der Waals surface area contributed by atoms with Crippen LogP contribution < -0.4 is 4.90 Å². The summed E-state index contributed by atoms with van der Waals surface area (Å²) < 4.78 is 6.88. The number of hydrogen-bond donors (Lipinski definition) is 0. The Balaban J connectivity index is 1.12. The quantitative estimate of drug-likeness (QED) is 0.154. The average molecular weight is 768 g/mol. The van der Waals surface area contributed by atoms with Gasteiger partial charge in [-0.15, -0.1) is 0 Å². The zero-order valence-corrected chi connectivity index (χ0v) is 32.6. The van der Waals surface area contributed by atoms with Gasteiger partial charge in [0.2, 0.25) is 0 Å². The molecule has 4 heteroatoms. The summed E-state index contributed by atoms with van der Waals surface area (Å²) in [6.07, 6.45) is 0. The second kappa shape index (κ2) is 15.0. The van der Waals surface area contributed by atoms with E-state index < -0.39 is 0 Å². The van der Waals surface area contributed by atoms with Gasteiger partial charge in [-0.1, -0.05) is 158 Å². The molecule has 0 unspecified atom stereocenters. The third-order valence-electron chi connectivity index (χ3n) is 11.2. The van der Waals surface area contributed by atoms with Crippen LogP contribution in [0.25, 0.3) is 88.9 Å². The van der Waals surface area contributed by atoms with Crippen LogP contribution >= 0.6 is 0 Å². The van der Waals surface area contributed by atoms with Crippen LogP contribution in [0, 0.1) is 0 Å². The molecule has 0 aliphatic carbocycles. The Hall–Kier alpha value is -8.08. The van der Waals surface area contributed by atoms with E-state index in [0.29, 0.717) is 5.82 Å². The van der Waals surface area contributed by atoms with Crippen molar-refractivity contribution in [3.63, 3.8) is 0 Å². The predicted molar refractivity (Wildman–Crippen MR) is 249 cm³/mol. The van der Waals surface area contributed by atoms with E-state index in [-0.39, 0.29) is 0 Å². The second-order valence-electron chi connectivity index (χ2n) is 15.0. The summed E-state index contributed by atoms with van der Waals surface area (Å²) in [5, 5.41) is 4.40. The van der Waals surface area contributed by atoms with Gasteiger partial charge in [0.25, 0.3) is 0 Å². The van der Waals surface area contributed by atoms with Crippen LogP contribution in [0.4, 0.5) is 17.1 Å². The van der Waals surface area contributed by atoms with Gasteiger partial charge in [0.1, 0.15) is 11.2 Å². The Morgan fingerprint density at radius 3 is 1.60 bits per heavy atom. The first-order chi connectivity index (χ1) is 29.7. The molecule has 11 aromatic rings. The van der Waals surface area contributed by atoms with E-state index in [0.717, 1.165) is 83.6 Å². The standard InChI is InChI=1S/C56H37N3O/c1-5-16-38(17-6-1)39-28-30-47(31-29-39)59(46-25-11-4-12-26-46)48-27-15-24-42(32-48)45-34-50-49-33-43-22-13-14-23-44(43)36-54(49)60-55(50)51(35-45)53-37-52(40-18-7-2-8-19-40)57-56(58-53)41-20-9-3-10-21-41/h1-37H. The number of nitrogens with zero attached hydrogens (tertiary/aromatic N) is 3. The highest BCUT2D eigenvalue weighted by atomic mass is 16.3. The molecule has 282 valence electrons. The topological polar surface area (TPSA) is 42.2 Å². The monoisotopic (exact) mass is 767 g/mol. The fraction of sp³-hybridized carbons (Fsp3) is 0. The predicted octanol–water partition coefficient (Wildman–Crippen LogP) is 15.3. The van der Waals surface area contributed by atoms with E-state index >= 15 is 0 Å². The van der Waals surface area contributed by atoms with Gasteiger partial charge in [-0.25, -0.2) is 9.97 Å². The molecule has 0 amide bonds. The average Bonchev–Trinajstić information content (AvgIpc) is 3.69. The smallest absolute Gasteiger partial charge is 0.160 e. The van der Waals surface area contributed by atoms with Crippen LogP contribution in [0.15, 0.2) is 229 Å². The molecule has 0 saturated carbocycles. The van der Waals surface area contributed by atoms with Gasteiger partial charge in [-0.3, -0.25) is 0 Å². The number of rotatable bonds is 8. The van der Waals surface area contributed by atoms with Crippen LogP contribution in [0.1, 0.15) is 0 Å². The lowest BCUT2D eigenvalue weighted by atomic mass is 9.96. The molecule has 11 rings (SSSR count). The third kappa shape index (κ3) is 6.56. The normalized spacial score (nSPS) is 11.3. The van der Waals surface area contributed by atoms with Gasteiger partial charge in [0.05, 0.1) is 11.4 Å². The molecule has 0 atom stereocenters. The largest absolute Gasteiger partial charge is 0.455 e. The fourth-order valence-corrected chi connectivity index (χ4v) is 8.26. The van der Waals surface area contributed by atoms with E-state index in [1.807, 2.05) is 36.4 Å². The van der Waals surface area contributed by atoms with Crippen molar-refractivity contribution in [2.75, 3.05) is 4.90 Å². The Labute approximate surface area is 348 Å². The summed E-state index contributed by atoms with van der Waals surface area (Å²) in [6, 6.07) is 78.7. The van der Waals surface area contributed by atoms with Crippen molar-refractivity contribution in [1.82, 2.24) is 9.97 Å². The maximum Gasteiger partial charge on any atom is 0.160 e. The molecule has 0 spiro atoms. The SMILES string of the molecule is c1ccc(-c2ccc(N(c3ccccc3)c3cccc(-c4cc(-c5cc(-c6ccccc6)nc(-c6ccccc6)n5)c5oc6cc7ccccc7cc6c5c4)c3)cc2)cc1. The first-order valence-corrected chi connectivity index (χ1v) is 20.2. The van der Waals surface area contributed by atoms with Crippen molar-refractivity contribution in [2.45, 2.75) is 0 Å². The number of para-hydroxylation sites is 1. The summed E-state index contributed by atoms with van der Waals surface area (Å²) >= 11 is 0. The summed E-state index contributed by atoms with van der Waals surface area (Å²) in [4.78, 5) is 12.7. The molecule has 0 N–H and O–H groups in total. The van der Waals surface area contributed by atoms with E-state index in [2.05, 4.69) is 193 Å². The Morgan fingerprint density at radius 2 is 0.883 bits per heavy atom. The van der Waals surface area contributed by atoms with Crippen LogP contribution in [-0.4, -0.2) is 9.97 Å². The molecule has 0 saturated heterocycles. The van der Waals surface area contributed by atoms with E-state index in [1.165, 1.54) is 16.5 Å². The lowest BCUT2D eigenvalue weighted by molar-refractivity contribution is 0.670. The zero-order valence-electron chi connectivity index (χ0n) is 32.6. The summed E-state index contributed by atoms with van der Waals surface area (Å²) in [5.74, 6) is 0.658. The number of benzene rings is 9. The molecule has 0 aliphatic rings. The van der Waals surface area contributed by atoms with Gasteiger partial charge in [-0.2, -0.15) is 0 Å². The van der Waals surface area contributed by atoms with E-state index in [9.17, 15) is 0 Å². The summed E-state index contributed by atoms with van der Waals surface area (Å²) in [7, 11) is 0. The number of fused-ring (bicyclic) bond motifs is 4. The molecule has 9 aromatic carbocycles. The molecule has 0 radical (unpaired) electrons. The maximum absolute atomic E-state index is 6.88. The van der Waals surface area contributed by atoms with E-state index in [1.54, 1.807) is 0 Å². The molecular formula is C56H37N3O. The Bertz CT molecular complexity index is 3230. The van der Waals surface area contributed by atoms with Gasteiger partial charge in [-0.05, 0) is 99.8 Å². The van der Waals surface area contributed by atoms with E-state index in [4.69, 9.17) is 14.4 Å². The van der Waals surface area contributed by atoms with Crippen molar-refractivity contribution in [3.8, 4) is 56.2 Å². The number of furan rings is 1. The van der Waals surface area contributed by atoms with Crippen LogP contribution in [-0.2, 0) is 0 Å². The van der Waals surface area contributed by atoms with Crippen LogP contribution in [0.3, 0.4) is 0 Å². The molecule has 0 fully saturated rings. The van der Waals surface area contributed by atoms with Crippen molar-refractivity contribution >= 4 is 49.8 Å². The highest BCUT2D eigenvalue weighted by Gasteiger charge is 2.20. The molecule has 0 aliphatic heterocycles. The first-order valence-electron chi connectivity index (χ1n) is 20.2. The highest BCUT2D eigenvalue weighted by Crippen LogP contribution is 2.43. The number of anilines is 3. The number of hydrogen-bond acceptors (Lipinski definition) is 4. The maximum atomic E-state index is 6.88. The lowest BCUT2D eigenvalue weighted by Crippen LogP contribution is -2.09. The molecule has 2 heterocycles. The Morgan fingerprint density at radius 1 is 0.333 bits per heavy atom. The minimum absolute atomic E-state index is 0.658. The second-order valence-corrected chi connectivity index (χ2v) is 15.0. The molecular weight excluding hydrogens is 731 g/mol. The van der Waals surface area contributed by atoms with Crippen molar-refractivity contribution in [1.29, 1.82) is 0 Å². The third-order valence-corrected chi connectivity index (χ3v) is 11.2. The van der Waals surface area contributed by atoms with Crippen LogP contribution in [0.2, 0.25) is 0 Å². The molecule has 0 bridgehead atoms. The van der Waals surface area contributed by atoms with Gasteiger partial charge in [0.15, 0.2) is 5.82 Å². The van der Waals surface area contributed by atoms with Crippen LogP contribution in [0.5, 0.6) is 0 Å². The van der Waals surface area contributed by atoms with Crippen molar-refractivity contribution < 1.29 is 4.42 Å². The zero-order chi connectivity index (χ0) is 39.8. The molecule has 60 heavy (non-hydrogen) atoms. The summed E-state index contributed by atoms with van der Waals surface area (Å²) in [6.45, 7) is 0. The first kappa shape index (κ1) is 35.1. The van der Waals surface area contributed by atoms with Gasteiger partial charge >= 0.3 is 0 Å². The number of aromatic nitrogens is 2. The van der Waals surface area contributed by atoms with Crippen molar-refractivity contribution in [2.24, 2.45) is 0 Å². The molecule has 2 aromatic heterocycles. The minimum Gasteiger partial charge on any atom is -0.455 e. The lowest BCUT2D eigenvalue weighted by Gasteiger charge is -2.26. The minimum atomic E-state index is 0.658. The van der Waals surface area contributed by atoms with Crippen molar-refractivity contribution in [3.05, 3.63) is 224 Å². The Kier molecular flexibility index (Phi) is 8.79. The highest BCUT2D eigenvalue weighted by molar-refractivity contribution is 6.14. The van der Waals surface area contributed by atoms with Gasteiger partial charge in [0, 0.05) is 44.5 Å². The fourth-order valence-electron chi connectivity index (χ4n) is 8.26.